The van der Waals surface area contributed by atoms with Crippen molar-refractivity contribution in [1.29, 1.82) is 0 Å². The molecule has 0 bridgehead atoms. The Morgan fingerprint density at radius 1 is 1.26 bits per heavy atom. The summed E-state index contributed by atoms with van der Waals surface area (Å²) in [5.41, 5.74) is 0.238. The minimum atomic E-state index is -1.10. The van der Waals surface area contributed by atoms with Gasteiger partial charge in [-0.1, -0.05) is 12.1 Å². The van der Waals surface area contributed by atoms with Crippen molar-refractivity contribution in [2.75, 3.05) is 12.0 Å². The van der Waals surface area contributed by atoms with E-state index in [2.05, 4.69) is 0 Å². The van der Waals surface area contributed by atoms with Crippen LogP contribution in [0.2, 0.25) is 0 Å². The van der Waals surface area contributed by atoms with Crippen LogP contribution in [0.4, 0.5) is 5.00 Å². The smallest absolute Gasteiger partial charge is 0.340 e. The van der Waals surface area contributed by atoms with E-state index in [1.807, 2.05) is 0 Å². The van der Waals surface area contributed by atoms with Crippen molar-refractivity contribution in [3.63, 3.8) is 0 Å². The third-order valence-electron chi connectivity index (χ3n) is 3.94. The number of methoxy groups -OCH3 is 1. The van der Waals surface area contributed by atoms with Crippen LogP contribution in [0.1, 0.15) is 32.0 Å². The van der Waals surface area contributed by atoms with Gasteiger partial charge in [0, 0.05) is 16.2 Å². The Morgan fingerprint density at radius 3 is 2.63 bits per heavy atom. The second kappa shape index (κ2) is 7.53. The van der Waals surface area contributed by atoms with Gasteiger partial charge < -0.3 is 9.84 Å². The zero-order valence-corrected chi connectivity index (χ0v) is 16.1. The number of imide groups is 1. The van der Waals surface area contributed by atoms with Crippen molar-refractivity contribution in [1.82, 2.24) is 0 Å². The van der Waals surface area contributed by atoms with E-state index in [0.717, 1.165) is 32.9 Å². The van der Waals surface area contributed by atoms with Gasteiger partial charge in [-0.05, 0) is 25.1 Å². The molecule has 1 fully saturated rings. The number of ether oxygens (including phenoxy) is 1. The van der Waals surface area contributed by atoms with Crippen LogP contribution < -0.4 is 4.90 Å². The van der Waals surface area contributed by atoms with Crippen molar-refractivity contribution in [3.8, 4) is 0 Å². The number of esters is 1. The Labute approximate surface area is 162 Å². The fraction of sp³-hybridized carbons (Fsp3) is 0.222. The van der Waals surface area contributed by atoms with Crippen molar-refractivity contribution < 1.29 is 29.0 Å². The van der Waals surface area contributed by atoms with Crippen molar-refractivity contribution in [2.24, 2.45) is 0 Å². The molecule has 1 aromatic heterocycles. The molecule has 3 rings (SSSR count). The Bertz CT molecular complexity index is 951. The van der Waals surface area contributed by atoms with Crippen LogP contribution in [-0.2, 0) is 14.3 Å². The molecule has 0 aliphatic carbocycles. The summed E-state index contributed by atoms with van der Waals surface area (Å²) in [6.45, 7) is 1.76. The lowest BCUT2D eigenvalue weighted by atomic mass is 10.2. The molecule has 1 saturated heterocycles. The van der Waals surface area contributed by atoms with Gasteiger partial charge in [-0.3, -0.25) is 9.59 Å². The molecule has 0 saturated carbocycles. The van der Waals surface area contributed by atoms with Gasteiger partial charge in [0.25, 0.3) is 0 Å². The zero-order chi connectivity index (χ0) is 19.7. The number of aromatic carboxylic acids is 1. The van der Waals surface area contributed by atoms with Crippen LogP contribution in [0.3, 0.4) is 0 Å². The second-order valence-electron chi connectivity index (χ2n) is 5.75. The molecule has 0 spiro atoms. The minimum Gasteiger partial charge on any atom is -0.478 e. The summed E-state index contributed by atoms with van der Waals surface area (Å²) in [6.07, 6.45) is -0.0744. The molecule has 140 valence electrons. The predicted octanol–water partition coefficient (Wildman–Crippen LogP) is 2.97. The van der Waals surface area contributed by atoms with Crippen LogP contribution in [-0.4, -0.2) is 41.2 Å². The number of carboxylic acid groups (broad SMARTS) is 1. The van der Waals surface area contributed by atoms with Crippen LogP contribution in [0, 0.1) is 6.92 Å². The maximum atomic E-state index is 12.9. The maximum Gasteiger partial charge on any atom is 0.340 e. The summed E-state index contributed by atoms with van der Waals surface area (Å²) in [5.74, 6) is -2.63. The number of aryl methyl sites for hydroxylation is 1. The number of rotatable bonds is 5. The van der Waals surface area contributed by atoms with Crippen molar-refractivity contribution in [2.45, 2.75) is 23.5 Å². The normalized spacial score (nSPS) is 16.7. The van der Waals surface area contributed by atoms with E-state index in [-0.39, 0.29) is 22.5 Å². The topological polar surface area (TPSA) is 101 Å². The summed E-state index contributed by atoms with van der Waals surface area (Å²) in [7, 11) is 1.23. The van der Waals surface area contributed by atoms with Gasteiger partial charge in [0.2, 0.25) is 11.8 Å². The molecule has 9 heteroatoms. The highest BCUT2D eigenvalue weighted by Gasteiger charge is 2.43. The fourth-order valence-electron chi connectivity index (χ4n) is 2.73. The number of benzene rings is 1. The Balaban J connectivity index is 1.91. The van der Waals surface area contributed by atoms with Gasteiger partial charge in [0.15, 0.2) is 0 Å². The highest BCUT2D eigenvalue weighted by molar-refractivity contribution is 8.00. The number of anilines is 1. The highest BCUT2D eigenvalue weighted by Crippen LogP contribution is 2.39. The molecule has 7 nitrogen and oxygen atoms in total. The summed E-state index contributed by atoms with van der Waals surface area (Å²) >= 11 is 2.20. The molecule has 2 heterocycles. The third kappa shape index (κ3) is 3.60. The van der Waals surface area contributed by atoms with Gasteiger partial charge in [-0.15, -0.1) is 23.1 Å². The number of carbonyl (C=O) groups excluding carboxylic acids is 3. The van der Waals surface area contributed by atoms with Crippen molar-refractivity contribution >= 4 is 51.9 Å². The fourth-order valence-corrected chi connectivity index (χ4v) is 4.93. The quantitative estimate of drug-likeness (QED) is 0.603. The van der Waals surface area contributed by atoms with Gasteiger partial charge in [0.05, 0.1) is 23.5 Å². The van der Waals surface area contributed by atoms with E-state index >= 15 is 0 Å². The van der Waals surface area contributed by atoms with Crippen LogP contribution in [0.25, 0.3) is 0 Å². The van der Waals surface area contributed by atoms with Crippen LogP contribution in [0.15, 0.2) is 35.2 Å². The standard InChI is InChI=1S/C18H15NO6S2/c1-9-7-11(18(24)25-2)16(26-9)19-14(20)8-13(15(19)21)27-12-6-4-3-5-10(12)17(22)23/h3-7,13H,8H2,1-2H3,(H,22,23)/t13-/m1/s1. The number of hydrogen-bond acceptors (Lipinski definition) is 7. The van der Waals surface area contributed by atoms with Gasteiger partial charge >= 0.3 is 11.9 Å². The van der Waals surface area contributed by atoms with E-state index in [0.29, 0.717) is 4.90 Å². The van der Waals surface area contributed by atoms with E-state index in [1.165, 1.54) is 13.2 Å². The first-order chi connectivity index (χ1) is 12.8. The molecular formula is C18H15NO6S2. The molecule has 0 unspecified atom stereocenters. The molecular weight excluding hydrogens is 390 g/mol. The van der Waals surface area contributed by atoms with Gasteiger partial charge in [0.1, 0.15) is 5.00 Å². The van der Waals surface area contributed by atoms with Crippen LogP contribution in [0.5, 0.6) is 0 Å². The number of nitrogens with zero attached hydrogens (tertiary/aromatic N) is 1. The SMILES string of the molecule is COC(=O)c1cc(C)sc1N1C(=O)C[C@@H](Sc2ccccc2C(=O)O)C1=O. The second-order valence-corrected chi connectivity index (χ2v) is 8.23. The number of carbonyl (C=O) groups is 4. The molecule has 2 aromatic rings. The largest absolute Gasteiger partial charge is 0.478 e. The molecule has 0 radical (unpaired) electrons. The first-order valence-electron chi connectivity index (χ1n) is 7.88. The van der Waals surface area contributed by atoms with E-state index in [9.17, 15) is 24.3 Å². The number of carboxylic acids is 1. The molecule has 1 aromatic carbocycles. The lowest BCUT2D eigenvalue weighted by molar-refractivity contribution is -0.121. The summed E-state index contributed by atoms with van der Waals surface area (Å²) in [5, 5.41) is 8.77. The number of thiophene rings is 1. The summed E-state index contributed by atoms with van der Waals surface area (Å²) < 4.78 is 4.73. The molecule has 1 N–H and O–H groups in total. The van der Waals surface area contributed by atoms with Gasteiger partial charge in [-0.2, -0.15) is 0 Å². The number of hydrogen-bond donors (Lipinski definition) is 1. The number of amides is 2. The number of thioether (sulfide) groups is 1. The molecule has 1 atom stereocenters. The average Bonchev–Trinajstić information content (AvgIpc) is 3.14. The Kier molecular flexibility index (Phi) is 5.33. The third-order valence-corrected chi connectivity index (χ3v) is 6.23. The maximum absolute atomic E-state index is 12.9. The Morgan fingerprint density at radius 2 is 1.96 bits per heavy atom. The Hall–Kier alpha value is -2.65. The molecule has 1 aliphatic rings. The van der Waals surface area contributed by atoms with E-state index in [1.54, 1.807) is 31.2 Å². The predicted molar refractivity (Wildman–Crippen MR) is 101 cm³/mol. The minimum absolute atomic E-state index is 0.0726. The molecule has 2 amide bonds. The van der Waals surface area contributed by atoms with Crippen LogP contribution >= 0.6 is 23.1 Å². The van der Waals surface area contributed by atoms with E-state index < -0.39 is 29.0 Å². The summed E-state index contributed by atoms with van der Waals surface area (Å²) in [4.78, 5) is 50.9. The summed E-state index contributed by atoms with van der Waals surface area (Å²) in [6, 6.07) is 7.89. The van der Waals surface area contributed by atoms with E-state index in [4.69, 9.17) is 4.74 Å². The molecule has 27 heavy (non-hydrogen) atoms. The lowest BCUT2D eigenvalue weighted by Gasteiger charge is -2.15. The lowest BCUT2D eigenvalue weighted by Crippen LogP contribution is -2.31. The first kappa shape index (κ1) is 19.1. The average molecular weight is 405 g/mol. The monoisotopic (exact) mass is 405 g/mol. The van der Waals surface area contributed by atoms with Crippen molar-refractivity contribution in [3.05, 3.63) is 46.3 Å². The highest BCUT2D eigenvalue weighted by atomic mass is 32.2. The first-order valence-corrected chi connectivity index (χ1v) is 9.57. The van der Waals surface area contributed by atoms with Gasteiger partial charge in [-0.25, -0.2) is 14.5 Å². The molecule has 1 aliphatic heterocycles. The zero-order valence-electron chi connectivity index (χ0n) is 14.4.